The van der Waals surface area contributed by atoms with Gasteiger partial charge in [0.25, 0.3) is 0 Å². The highest BCUT2D eigenvalue weighted by molar-refractivity contribution is 7.98. The molecule has 0 aromatic heterocycles. The Morgan fingerprint density at radius 2 is 1.52 bits per heavy atom. The van der Waals surface area contributed by atoms with Gasteiger partial charge in [-0.2, -0.15) is 11.8 Å². The van der Waals surface area contributed by atoms with Crippen LogP contribution in [-0.4, -0.2) is 43.8 Å². The van der Waals surface area contributed by atoms with Crippen molar-refractivity contribution < 1.29 is 19.1 Å². The van der Waals surface area contributed by atoms with Gasteiger partial charge in [0.1, 0.15) is 6.04 Å². The molecule has 6 heteroatoms. The van der Waals surface area contributed by atoms with Gasteiger partial charge in [0.2, 0.25) is 0 Å². The first-order chi connectivity index (χ1) is 12.2. The Kier molecular flexibility index (Phi) is 17.2. The first-order valence-electron chi connectivity index (χ1n) is 9.65. The maximum absolute atomic E-state index is 12.1. The summed E-state index contributed by atoms with van der Waals surface area (Å²) in [5, 5.41) is 2.54. The molecule has 0 saturated carbocycles. The van der Waals surface area contributed by atoms with Gasteiger partial charge in [0.05, 0.1) is 13.7 Å². The third-order valence-electron chi connectivity index (χ3n) is 4.11. The number of methoxy groups -OCH3 is 1. The van der Waals surface area contributed by atoms with Crippen LogP contribution in [0.1, 0.15) is 77.6 Å². The van der Waals surface area contributed by atoms with Crippen molar-refractivity contribution in [1.82, 2.24) is 5.32 Å². The van der Waals surface area contributed by atoms with E-state index in [0.717, 1.165) is 18.6 Å². The van der Waals surface area contributed by atoms with Gasteiger partial charge in [0, 0.05) is 0 Å². The lowest BCUT2D eigenvalue weighted by atomic mass is 10.1. The first-order valence-corrected chi connectivity index (χ1v) is 11.0. The van der Waals surface area contributed by atoms with E-state index in [1.807, 2.05) is 6.26 Å². The van der Waals surface area contributed by atoms with E-state index in [1.54, 1.807) is 11.8 Å². The van der Waals surface area contributed by atoms with Crippen molar-refractivity contribution in [3.05, 3.63) is 0 Å². The van der Waals surface area contributed by atoms with Crippen LogP contribution in [0.4, 0.5) is 4.79 Å². The van der Waals surface area contributed by atoms with E-state index in [-0.39, 0.29) is 5.97 Å². The standard InChI is InChI=1S/C19H37NO4S/c1-4-5-6-7-8-9-10-11-12-13-15-24-18(21)17(14-16-25-3)20-19(22)23-2/h17H,4-16H2,1-3H3,(H,20,22)/t17-/m0/s1. The highest BCUT2D eigenvalue weighted by atomic mass is 32.2. The molecule has 0 radical (unpaired) electrons. The molecule has 1 atom stereocenters. The molecule has 0 aliphatic rings. The van der Waals surface area contributed by atoms with Crippen LogP contribution < -0.4 is 5.32 Å². The van der Waals surface area contributed by atoms with E-state index in [9.17, 15) is 9.59 Å². The number of rotatable bonds is 16. The molecule has 5 nitrogen and oxygen atoms in total. The lowest BCUT2D eigenvalue weighted by Crippen LogP contribution is -2.42. The normalized spacial score (nSPS) is 11.8. The summed E-state index contributed by atoms with van der Waals surface area (Å²) < 4.78 is 9.86. The number of hydrogen-bond acceptors (Lipinski definition) is 5. The number of nitrogens with one attached hydrogen (secondary N) is 1. The summed E-state index contributed by atoms with van der Waals surface area (Å²) in [6, 6.07) is -0.622. The summed E-state index contributed by atoms with van der Waals surface area (Å²) in [5.41, 5.74) is 0. The van der Waals surface area contributed by atoms with Crippen LogP contribution in [0.3, 0.4) is 0 Å². The van der Waals surface area contributed by atoms with Crippen molar-refractivity contribution in [2.75, 3.05) is 25.7 Å². The van der Waals surface area contributed by atoms with Crippen molar-refractivity contribution in [1.29, 1.82) is 0 Å². The van der Waals surface area contributed by atoms with Crippen molar-refractivity contribution in [2.24, 2.45) is 0 Å². The largest absolute Gasteiger partial charge is 0.464 e. The molecule has 0 fully saturated rings. The second-order valence-corrected chi connectivity index (χ2v) is 7.31. The van der Waals surface area contributed by atoms with E-state index in [1.165, 1.54) is 58.5 Å². The minimum absolute atomic E-state index is 0.365. The second kappa shape index (κ2) is 17.9. The predicted molar refractivity (Wildman–Crippen MR) is 105 cm³/mol. The Morgan fingerprint density at radius 1 is 0.960 bits per heavy atom. The molecular weight excluding hydrogens is 338 g/mol. The Bertz CT molecular complexity index is 339. The molecule has 0 aliphatic carbocycles. The number of amides is 1. The fourth-order valence-electron chi connectivity index (χ4n) is 2.55. The number of esters is 1. The summed E-state index contributed by atoms with van der Waals surface area (Å²) in [4.78, 5) is 23.4. The van der Waals surface area contributed by atoms with Crippen molar-refractivity contribution in [3.63, 3.8) is 0 Å². The van der Waals surface area contributed by atoms with Crippen LogP contribution in [0.2, 0.25) is 0 Å². The topological polar surface area (TPSA) is 64.6 Å². The molecule has 0 unspecified atom stereocenters. The van der Waals surface area contributed by atoms with Crippen LogP contribution in [0.25, 0.3) is 0 Å². The number of carbonyl (C=O) groups excluding carboxylic acids is 2. The van der Waals surface area contributed by atoms with Gasteiger partial charge in [0.15, 0.2) is 0 Å². The third-order valence-corrected chi connectivity index (χ3v) is 4.76. The fraction of sp³-hybridized carbons (Fsp3) is 0.895. The third kappa shape index (κ3) is 15.1. The van der Waals surface area contributed by atoms with E-state index in [2.05, 4.69) is 17.0 Å². The molecule has 0 aromatic carbocycles. The molecule has 0 aliphatic heterocycles. The minimum atomic E-state index is -0.622. The number of unbranched alkanes of at least 4 members (excludes halogenated alkanes) is 9. The summed E-state index contributed by atoms with van der Waals surface area (Å²) in [5.74, 6) is 0.414. The number of ether oxygens (including phenoxy) is 2. The summed E-state index contributed by atoms with van der Waals surface area (Å²) in [7, 11) is 1.29. The number of carbonyl (C=O) groups is 2. The van der Waals surface area contributed by atoms with Crippen LogP contribution >= 0.6 is 11.8 Å². The Labute approximate surface area is 158 Å². The van der Waals surface area contributed by atoms with Crippen molar-refractivity contribution >= 4 is 23.8 Å². The lowest BCUT2D eigenvalue weighted by Gasteiger charge is -2.16. The average Bonchev–Trinajstić information content (AvgIpc) is 2.62. The monoisotopic (exact) mass is 375 g/mol. The summed E-state index contributed by atoms with van der Waals surface area (Å²) >= 11 is 1.63. The fourth-order valence-corrected chi connectivity index (χ4v) is 3.02. The van der Waals surface area contributed by atoms with Crippen LogP contribution in [0.15, 0.2) is 0 Å². The second-order valence-electron chi connectivity index (χ2n) is 6.32. The number of hydrogen-bond donors (Lipinski definition) is 1. The van der Waals surface area contributed by atoms with Crippen molar-refractivity contribution in [2.45, 2.75) is 83.6 Å². The Balaban J connectivity index is 3.68. The highest BCUT2D eigenvalue weighted by Gasteiger charge is 2.22. The van der Waals surface area contributed by atoms with Crippen LogP contribution in [0, 0.1) is 0 Å². The van der Waals surface area contributed by atoms with Crippen LogP contribution in [-0.2, 0) is 14.3 Å². The molecule has 25 heavy (non-hydrogen) atoms. The zero-order valence-electron chi connectivity index (χ0n) is 16.3. The lowest BCUT2D eigenvalue weighted by molar-refractivity contribution is -0.146. The molecule has 1 N–H and O–H groups in total. The van der Waals surface area contributed by atoms with Gasteiger partial charge in [-0.25, -0.2) is 9.59 Å². The molecule has 0 bridgehead atoms. The zero-order valence-corrected chi connectivity index (χ0v) is 17.1. The highest BCUT2D eigenvalue weighted by Crippen LogP contribution is 2.11. The van der Waals surface area contributed by atoms with E-state index >= 15 is 0 Å². The number of thioether (sulfide) groups is 1. The maximum Gasteiger partial charge on any atom is 0.407 e. The molecule has 1 amide bonds. The van der Waals surface area contributed by atoms with Gasteiger partial charge < -0.3 is 14.8 Å². The molecule has 0 spiro atoms. The van der Waals surface area contributed by atoms with Gasteiger partial charge >= 0.3 is 12.1 Å². The van der Waals surface area contributed by atoms with E-state index in [4.69, 9.17) is 4.74 Å². The van der Waals surface area contributed by atoms with Gasteiger partial charge in [-0.1, -0.05) is 64.7 Å². The molecule has 148 valence electrons. The summed E-state index contributed by atoms with van der Waals surface area (Å²) in [6.07, 6.45) is 14.4. The summed E-state index contributed by atoms with van der Waals surface area (Å²) in [6.45, 7) is 2.66. The molecule has 0 heterocycles. The quantitative estimate of drug-likeness (QED) is 0.306. The van der Waals surface area contributed by atoms with Gasteiger partial charge in [-0.3, -0.25) is 0 Å². The molecule has 0 rings (SSSR count). The van der Waals surface area contributed by atoms with E-state index in [0.29, 0.717) is 13.0 Å². The first kappa shape index (κ1) is 24.1. The smallest absolute Gasteiger partial charge is 0.407 e. The minimum Gasteiger partial charge on any atom is -0.464 e. The zero-order chi connectivity index (χ0) is 18.8. The molecule has 0 aromatic rings. The molecule has 0 saturated heterocycles. The van der Waals surface area contributed by atoms with E-state index < -0.39 is 12.1 Å². The number of alkyl carbamates (subject to hydrolysis) is 1. The van der Waals surface area contributed by atoms with Crippen molar-refractivity contribution in [3.8, 4) is 0 Å². The SMILES string of the molecule is CCCCCCCCCCCCOC(=O)[C@H](CCSC)NC(=O)OC. The Hall–Kier alpha value is -0.910. The van der Waals surface area contributed by atoms with Crippen LogP contribution in [0.5, 0.6) is 0 Å². The predicted octanol–water partition coefficient (Wildman–Crippen LogP) is 4.93. The maximum atomic E-state index is 12.1. The Morgan fingerprint density at radius 3 is 2.04 bits per heavy atom. The average molecular weight is 376 g/mol. The van der Waals surface area contributed by atoms with Gasteiger partial charge in [-0.05, 0) is 24.9 Å². The van der Waals surface area contributed by atoms with Gasteiger partial charge in [-0.15, -0.1) is 0 Å². The molecular formula is C19H37NO4S.